The van der Waals surface area contributed by atoms with Crippen molar-refractivity contribution in [1.29, 1.82) is 0 Å². The van der Waals surface area contributed by atoms with E-state index in [0.29, 0.717) is 11.3 Å². The van der Waals surface area contributed by atoms with Crippen molar-refractivity contribution < 1.29 is 4.21 Å². The van der Waals surface area contributed by atoms with Crippen molar-refractivity contribution in [3.05, 3.63) is 0 Å². The minimum Gasteiger partial charge on any atom is -0.311 e. The summed E-state index contributed by atoms with van der Waals surface area (Å²) in [5.74, 6) is 0.926. The Hall–Kier alpha value is 0.0700. The zero-order valence-corrected chi connectivity index (χ0v) is 10.6. The molecule has 1 aliphatic carbocycles. The lowest BCUT2D eigenvalue weighted by Gasteiger charge is -2.35. The average Bonchev–Trinajstić information content (AvgIpc) is 3.01. The van der Waals surface area contributed by atoms with Crippen LogP contribution in [0, 0.1) is 5.92 Å². The van der Waals surface area contributed by atoms with Gasteiger partial charge in [-0.05, 0) is 25.7 Å². The van der Waals surface area contributed by atoms with Crippen molar-refractivity contribution >= 4 is 10.8 Å². The molecule has 4 heteroatoms. The quantitative estimate of drug-likeness (QED) is 0.760. The van der Waals surface area contributed by atoms with Gasteiger partial charge in [-0.1, -0.05) is 0 Å². The average molecular weight is 230 g/mol. The summed E-state index contributed by atoms with van der Waals surface area (Å²) in [4.78, 5) is 2.48. The van der Waals surface area contributed by atoms with Crippen molar-refractivity contribution in [3.63, 3.8) is 0 Å². The Morgan fingerprint density at radius 3 is 2.87 bits per heavy atom. The second-order valence-corrected chi connectivity index (χ2v) is 6.77. The molecule has 0 amide bonds. The van der Waals surface area contributed by atoms with E-state index in [-0.39, 0.29) is 0 Å². The molecule has 3 atom stereocenters. The normalized spacial score (nSPS) is 32.5. The van der Waals surface area contributed by atoms with Gasteiger partial charge in [0.25, 0.3) is 0 Å². The van der Waals surface area contributed by atoms with Gasteiger partial charge in [0.15, 0.2) is 0 Å². The predicted molar refractivity (Wildman–Crippen MR) is 64.5 cm³/mol. The lowest BCUT2D eigenvalue weighted by molar-refractivity contribution is 0.190. The van der Waals surface area contributed by atoms with Crippen molar-refractivity contribution in [2.24, 2.45) is 5.92 Å². The summed E-state index contributed by atoms with van der Waals surface area (Å²) >= 11 is 0. The smallest absolute Gasteiger partial charge is 0.0444 e. The van der Waals surface area contributed by atoms with Gasteiger partial charge < -0.3 is 5.32 Å². The number of nitrogens with zero attached hydrogens (tertiary/aromatic N) is 1. The summed E-state index contributed by atoms with van der Waals surface area (Å²) < 4.78 is 11.3. The van der Waals surface area contributed by atoms with Gasteiger partial charge in [0.1, 0.15) is 0 Å². The Bertz CT molecular complexity index is 243. The molecular weight excluding hydrogens is 208 g/mol. The van der Waals surface area contributed by atoms with Crippen molar-refractivity contribution in [2.45, 2.75) is 31.1 Å². The van der Waals surface area contributed by atoms with E-state index in [2.05, 4.69) is 17.1 Å². The van der Waals surface area contributed by atoms with Gasteiger partial charge in [-0.25, -0.2) is 0 Å². The molecule has 0 aromatic heterocycles. The minimum absolute atomic E-state index is 0.308. The molecule has 15 heavy (non-hydrogen) atoms. The zero-order valence-electron chi connectivity index (χ0n) is 9.74. The van der Waals surface area contributed by atoms with Gasteiger partial charge in [-0.2, -0.15) is 0 Å². The van der Waals surface area contributed by atoms with Gasteiger partial charge >= 0.3 is 0 Å². The van der Waals surface area contributed by atoms with Crippen molar-refractivity contribution in [2.75, 3.05) is 32.4 Å². The fourth-order valence-corrected chi connectivity index (χ4v) is 2.71. The summed E-state index contributed by atoms with van der Waals surface area (Å²) in [6.45, 7) is 6.46. The Morgan fingerprint density at radius 1 is 1.53 bits per heavy atom. The summed E-state index contributed by atoms with van der Waals surface area (Å²) in [5, 5.41) is 3.90. The third-order valence-corrected chi connectivity index (χ3v) is 4.84. The molecule has 0 radical (unpaired) electrons. The van der Waals surface area contributed by atoms with E-state index in [4.69, 9.17) is 0 Å². The van der Waals surface area contributed by atoms with E-state index in [1.54, 1.807) is 0 Å². The largest absolute Gasteiger partial charge is 0.311 e. The van der Waals surface area contributed by atoms with E-state index in [9.17, 15) is 4.21 Å². The minimum atomic E-state index is -0.680. The van der Waals surface area contributed by atoms with Crippen LogP contribution in [0.4, 0.5) is 0 Å². The van der Waals surface area contributed by atoms with Crippen molar-refractivity contribution in [1.82, 2.24) is 10.2 Å². The molecule has 3 unspecified atom stereocenters. The maximum atomic E-state index is 11.3. The van der Waals surface area contributed by atoms with Crippen LogP contribution in [0.15, 0.2) is 0 Å². The van der Waals surface area contributed by atoms with Crippen LogP contribution in [-0.4, -0.2) is 52.8 Å². The van der Waals surface area contributed by atoms with Crippen LogP contribution in [0.3, 0.4) is 0 Å². The van der Waals surface area contributed by atoms with E-state index in [1.165, 1.54) is 12.8 Å². The molecule has 1 saturated carbocycles. The summed E-state index contributed by atoms with van der Waals surface area (Å²) in [5.41, 5.74) is 0. The van der Waals surface area contributed by atoms with Crippen LogP contribution >= 0.6 is 0 Å². The number of piperazine rings is 1. The molecule has 1 aliphatic heterocycles. The Balaban J connectivity index is 1.79. The number of hydrogen-bond acceptors (Lipinski definition) is 3. The first-order valence-corrected chi connectivity index (χ1v) is 7.57. The highest BCUT2D eigenvalue weighted by Crippen LogP contribution is 2.33. The molecule has 1 heterocycles. The van der Waals surface area contributed by atoms with Gasteiger partial charge in [0.05, 0.1) is 0 Å². The van der Waals surface area contributed by atoms with Gasteiger partial charge in [-0.15, -0.1) is 0 Å². The first kappa shape index (κ1) is 11.6. The van der Waals surface area contributed by atoms with Crippen molar-refractivity contribution in [3.8, 4) is 0 Å². The van der Waals surface area contributed by atoms with E-state index < -0.39 is 10.8 Å². The molecule has 0 aromatic rings. The van der Waals surface area contributed by atoms with Crippen LogP contribution in [0.5, 0.6) is 0 Å². The first-order chi connectivity index (χ1) is 7.16. The lowest BCUT2D eigenvalue weighted by Crippen LogP contribution is -2.53. The Kier molecular flexibility index (Phi) is 3.80. The fraction of sp³-hybridized carbons (Fsp3) is 1.00. The summed E-state index contributed by atoms with van der Waals surface area (Å²) in [6, 6.07) is 0.705. The number of rotatable bonds is 4. The highest BCUT2D eigenvalue weighted by Gasteiger charge is 2.34. The second kappa shape index (κ2) is 4.93. The molecule has 88 valence electrons. The fourth-order valence-electron chi connectivity index (χ4n) is 2.29. The molecule has 2 aliphatic rings. The lowest BCUT2D eigenvalue weighted by atomic mass is 10.1. The first-order valence-electron chi connectivity index (χ1n) is 5.95. The van der Waals surface area contributed by atoms with E-state index >= 15 is 0 Å². The van der Waals surface area contributed by atoms with E-state index in [0.717, 1.165) is 32.1 Å². The van der Waals surface area contributed by atoms with Gasteiger partial charge in [0.2, 0.25) is 0 Å². The molecule has 0 spiro atoms. The maximum absolute atomic E-state index is 11.3. The second-order valence-electron chi connectivity index (χ2n) is 4.97. The van der Waals surface area contributed by atoms with E-state index in [1.807, 2.05) is 6.26 Å². The molecule has 0 aromatic carbocycles. The van der Waals surface area contributed by atoms with Crippen LogP contribution in [0.2, 0.25) is 0 Å². The standard InChI is InChI=1S/C11H22N2OS/c1-9(15(2)14)7-13-6-5-12-11(8-13)10-3-4-10/h9-12H,3-8H2,1-2H3. The number of nitrogens with one attached hydrogen (secondary N) is 1. The SMILES string of the molecule is CC(CN1CCNC(C2CC2)C1)S(C)=O. The zero-order chi connectivity index (χ0) is 10.8. The summed E-state index contributed by atoms with van der Waals surface area (Å²) in [6.07, 6.45) is 4.62. The van der Waals surface area contributed by atoms with Crippen LogP contribution < -0.4 is 5.32 Å². The highest BCUT2D eigenvalue weighted by atomic mass is 32.2. The molecule has 2 rings (SSSR count). The molecule has 2 fully saturated rings. The molecule has 1 N–H and O–H groups in total. The molecule has 3 nitrogen and oxygen atoms in total. The van der Waals surface area contributed by atoms with Gasteiger partial charge in [-0.3, -0.25) is 9.11 Å². The Labute approximate surface area is 95.1 Å². The summed E-state index contributed by atoms with van der Waals surface area (Å²) in [7, 11) is -0.680. The van der Waals surface area contributed by atoms with Gasteiger partial charge in [0, 0.05) is 54.5 Å². The number of hydrogen-bond donors (Lipinski definition) is 1. The third kappa shape index (κ3) is 3.26. The Morgan fingerprint density at radius 2 is 2.27 bits per heavy atom. The predicted octanol–water partition coefficient (Wildman–Crippen LogP) is 0.437. The topological polar surface area (TPSA) is 32.3 Å². The molecule has 0 bridgehead atoms. The maximum Gasteiger partial charge on any atom is 0.0444 e. The monoisotopic (exact) mass is 230 g/mol. The highest BCUT2D eigenvalue weighted by molar-refractivity contribution is 7.84. The molecule has 1 saturated heterocycles. The van der Waals surface area contributed by atoms with Crippen LogP contribution in [-0.2, 0) is 10.8 Å². The van der Waals surface area contributed by atoms with Crippen LogP contribution in [0.1, 0.15) is 19.8 Å². The van der Waals surface area contributed by atoms with Crippen LogP contribution in [0.25, 0.3) is 0 Å². The molecular formula is C11H22N2OS. The third-order valence-electron chi connectivity index (χ3n) is 3.56.